The van der Waals surface area contributed by atoms with Crippen LogP contribution in [-0.2, 0) is 4.79 Å². The predicted octanol–water partition coefficient (Wildman–Crippen LogP) is 0.629. The summed E-state index contributed by atoms with van der Waals surface area (Å²) in [5.41, 5.74) is 0. The Balaban J connectivity index is 2.15. The summed E-state index contributed by atoms with van der Waals surface area (Å²) in [4.78, 5) is 13.0. The topological polar surface area (TPSA) is 20.3 Å². The van der Waals surface area contributed by atoms with E-state index in [-0.39, 0.29) is 0 Å². The van der Waals surface area contributed by atoms with E-state index in [9.17, 15) is 4.79 Å². The molecular weight excluding hydrogens is 114 g/mol. The lowest BCUT2D eigenvalue weighted by molar-refractivity contribution is -0.127. The van der Waals surface area contributed by atoms with Crippen molar-refractivity contribution in [1.29, 1.82) is 0 Å². The van der Waals surface area contributed by atoms with Crippen LogP contribution in [0, 0.1) is 5.92 Å². The Hall–Kier alpha value is -0.530. The Morgan fingerprint density at radius 2 is 2.44 bits per heavy atom. The highest BCUT2D eigenvalue weighted by atomic mass is 16.2. The summed E-state index contributed by atoms with van der Waals surface area (Å²) in [6.45, 7) is 2.08. The summed E-state index contributed by atoms with van der Waals surface area (Å²) in [5.74, 6) is 1.10. The average Bonchev–Trinajstić information content (AvgIpc) is 2.09. The number of carbonyl (C=O) groups is 1. The van der Waals surface area contributed by atoms with E-state index >= 15 is 0 Å². The smallest absolute Gasteiger partial charge is 0.222 e. The quantitative estimate of drug-likeness (QED) is 0.465. The van der Waals surface area contributed by atoms with Crippen molar-refractivity contribution in [3.63, 3.8) is 0 Å². The average molecular weight is 125 g/mol. The SMILES string of the molecule is O=C1CC2CCCN1C2. The minimum atomic E-state index is 0.387. The van der Waals surface area contributed by atoms with Crippen LogP contribution in [0.5, 0.6) is 0 Å². The van der Waals surface area contributed by atoms with Crippen molar-refractivity contribution in [1.82, 2.24) is 4.90 Å². The van der Waals surface area contributed by atoms with E-state index in [4.69, 9.17) is 0 Å². The first kappa shape index (κ1) is 5.27. The van der Waals surface area contributed by atoms with E-state index in [0.29, 0.717) is 11.8 Å². The molecule has 0 aliphatic carbocycles. The molecule has 1 atom stereocenters. The number of amides is 1. The highest BCUT2D eigenvalue weighted by Gasteiger charge is 2.32. The maximum atomic E-state index is 11.0. The van der Waals surface area contributed by atoms with Gasteiger partial charge in [-0.25, -0.2) is 0 Å². The molecule has 2 heteroatoms. The highest BCUT2D eigenvalue weighted by Crippen LogP contribution is 2.26. The van der Waals surface area contributed by atoms with Crippen molar-refractivity contribution in [3.8, 4) is 0 Å². The molecule has 0 aromatic carbocycles. The van der Waals surface area contributed by atoms with Gasteiger partial charge < -0.3 is 4.90 Å². The molecule has 2 fully saturated rings. The minimum absolute atomic E-state index is 0.387. The molecular formula is C7H11NO. The van der Waals surface area contributed by atoms with Gasteiger partial charge in [0.15, 0.2) is 0 Å². The molecule has 9 heavy (non-hydrogen) atoms. The number of hydrogen-bond acceptors (Lipinski definition) is 1. The maximum absolute atomic E-state index is 11.0. The first-order chi connectivity index (χ1) is 4.36. The number of fused-ring (bicyclic) bond motifs is 2. The molecule has 0 N–H and O–H groups in total. The van der Waals surface area contributed by atoms with Gasteiger partial charge in [-0.3, -0.25) is 4.79 Å². The number of rotatable bonds is 0. The Bertz CT molecular complexity index is 144. The van der Waals surface area contributed by atoms with Gasteiger partial charge in [-0.15, -0.1) is 0 Å². The van der Waals surface area contributed by atoms with E-state index < -0.39 is 0 Å². The normalized spacial score (nSPS) is 33.6. The van der Waals surface area contributed by atoms with E-state index in [1.165, 1.54) is 12.8 Å². The van der Waals surface area contributed by atoms with Crippen molar-refractivity contribution < 1.29 is 4.79 Å². The first-order valence-corrected chi connectivity index (χ1v) is 3.64. The van der Waals surface area contributed by atoms with E-state index in [1.54, 1.807) is 0 Å². The van der Waals surface area contributed by atoms with Crippen molar-refractivity contribution >= 4 is 5.91 Å². The van der Waals surface area contributed by atoms with Crippen LogP contribution in [0.25, 0.3) is 0 Å². The molecule has 2 aliphatic heterocycles. The molecule has 2 rings (SSSR count). The fourth-order valence-corrected chi connectivity index (χ4v) is 1.83. The monoisotopic (exact) mass is 125 g/mol. The molecule has 2 nitrogen and oxygen atoms in total. The third-order valence-electron chi connectivity index (χ3n) is 2.33. The summed E-state index contributed by atoms with van der Waals surface area (Å²) < 4.78 is 0. The third kappa shape index (κ3) is 0.732. The first-order valence-electron chi connectivity index (χ1n) is 3.64. The van der Waals surface area contributed by atoms with Crippen molar-refractivity contribution in [2.45, 2.75) is 19.3 Å². The van der Waals surface area contributed by atoms with Crippen LogP contribution < -0.4 is 0 Å². The predicted molar refractivity (Wildman–Crippen MR) is 33.9 cm³/mol. The molecule has 0 aromatic rings. The number of nitrogens with zero attached hydrogens (tertiary/aromatic N) is 1. The Kier molecular flexibility index (Phi) is 1.01. The number of piperidine rings is 1. The summed E-state index contributed by atoms with van der Waals surface area (Å²) in [6.07, 6.45) is 3.35. The fourth-order valence-electron chi connectivity index (χ4n) is 1.83. The molecule has 1 amide bonds. The summed E-state index contributed by atoms with van der Waals surface area (Å²) in [6, 6.07) is 0. The Morgan fingerprint density at radius 1 is 1.56 bits per heavy atom. The van der Waals surface area contributed by atoms with Gasteiger partial charge in [0.05, 0.1) is 0 Å². The zero-order chi connectivity index (χ0) is 6.27. The second-order valence-electron chi connectivity index (χ2n) is 3.05. The van der Waals surface area contributed by atoms with Crippen molar-refractivity contribution in [2.24, 2.45) is 5.92 Å². The van der Waals surface area contributed by atoms with Crippen molar-refractivity contribution in [2.75, 3.05) is 13.1 Å². The fraction of sp³-hybridized carbons (Fsp3) is 0.857. The van der Waals surface area contributed by atoms with Crippen LogP contribution >= 0.6 is 0 Å². The molecule has 0 saturated carbocycles. The van der Waals surface area contributed by atoms with Gasteiger partial charge in [0.1, 0.15) is 0 Å². The van der Waals surface area contributed by atoms with Crippen LogP contribution in [0.1, 0.15) is 19.3 Å². The standard InChI is InChI=1S/C7H11NO/c9-7-4-6-2-1-3-8(7)5-6/h6H,1-5H2. The van der Waals surface area contributed by atoms with Gasteiger partial charge in [0.25, 0.3) is 0 Å². The minimum Gasteiger partial charge on any atom is -0.342 e. The van der Waals surface area contributed by atoms with E-state index in [1.807, 2.05) is 4.90 Å². The van der Waals surface area contributed by atoms with Crippen LogP contribution in [0.4, 0.5) is 0 Å². The second-order valence-corrected chi connectivity index (χ2v) is 3.05. The zero-order valence-corrected chi connectivity index (χ0v) is 5.47. The van der Waals surface area contributed by atoms with Gasteiger partial charge >= 0.3 is 0 Å². The molecule has 50 valence electrons. The van der Waals surface area contributed by atoms with Gasteiger partial charge in [-0.05, 0) is 18.8 Å². The molecule has 0 radical (unpaired) electrons. The van der Waals surface area contributed by atoms with Gasteiger partial charge in [-0.2, -0.15) is 0 Å². The number of carbonyl (C=O) groups excluding carboxylic acids is 1. The molecule has 2 bridgehead atoms. The lowest BCUT2D eigenvalue weighted by Crippen LogP contribution is -2.29. The van der Waals surface area contributed by atoms with Crippen LogP contribution in [0.2, 0.25) is 0 Å². The molecule has 1 unspecified atom stereocenters. The Labute approximate surface area is 54.8 Å². The van der Waals surface area contributed by atoms with Crippen LogP contribution in [0.3, 0.4) is 0 Å². The van der Waals surface area contributed by atoms with Crippen molar-refractivity contribution in [3.05, 3.63) is 0 Å². The second kappa shape index (κ2) is 1.72. The largest absolute Gasteiger partial charge is 0.342 e. The maximum Gasteiger partial charge on any atom is 0.222 e. The highest BCUT2D eigenvalue weighted by molar-refractivity contribution is 5.78. The van der Waals surface area contributed by atoms with Gasteiger partial charge in [0, 0.05) is 19.5 Å². The summed E-state index contributed by atoms with van der Waals surface area (Å²) in [7, 11) is 0. The van der Waals surface area contributed by atoms with Crippen LogP contribution in [0.15, 0.2) is 0 Å². The lowest BCUT2D eigenvalue weighted by Gasteiger charge is -2.21. The molecule has 2 aliphatic rings. The lowest BCUT2D eigenvalue weighted by atomic mass is 10.0. The number of hydrogen-bond donors (Lipinski definition) is 0. The molecule has 0 spiro atoms. The van der Waals surface area contributed by atoms with Gasteiger partial charge in [-0.1, -0.05) is 0 Å². The summed E-state index contributed by atoms with van der Waals surface area (Å²) in [5, 5.41) is 0. The van der Waals surface area contributed by atoms with E-state index in [2.05, 4.69) is 0 Å². The Morgan fingerprint density at radius 3 is 3.11 bits per heavy atom. The van der Waals surface area contributed by atoms with Crippen LogP contribution in [-0.4, -0.2) is 23.9 Å². The molecule has 0 aromatic heterocycles. The molecule has 2 heterocycles. The van der Waals surface area contributed by atoms with Gasteiger partial charge in [0.2, 0.25) is 5.91 Å². The third-order valence-corrected chi connectivity index (χ3v) is 2.33. The molecule has 2 saturated heterocycles. The van der Waals surface area contributed by atoms with E-state index in [0.717, 1.165) is 19.5 Å². The zero-order valence-electron chi connectivity index (χ0n) is 5.47. The summed E-state index contributed by atoms with van der Waals surface area (Å²) >= 11 is 0.